The second kappa shape index (κ2) is 5.73. The van der Waals surface area contributed by atoms with Gasteiger partial charge in [0, 0.05) is 11.8 Å². The van der Waals surface area contributed by atoms with Crippen LogP contribution < -0.4 is 10.2 Å². The molecule has 1 heterocycles. The number of hydrogen-bond acceptors (Lipinski definition) is 3. The van der Waals surface area contributed by atoms with Gasteiger partial charge < -0.3 is 5.32 Å². The molecule has 3 nitrogen and oxygen atoms in total. The molecule has 1 N–H and O–H groups in total. The van der Waals surface area contributed by atoms with Gasteiger partial charge >= 0.3 is 0 Å². The van der Waals surface area contributed by atoms with Crippen molar-refractivity contribution in [3.63, 3.8) is 0 Å². The van der Waals surface area contributed by atoms with Crippen LogP contribution in [0.2, 0.25) is 0 Å². The van der Waals surface area contributed by atoms with Gasteiger partial charge in [-0.1, -0.05) is 48.6 Å². The number of nitrogens with one attached hydrogen (secondary N) is 1. The molecule has 1 amide bonds. The van der Waals surface area contributed by atoms with Crippen molar-refractivity contribution in [2.24, 2.45) is 0 Å². The monoisotopic (exact) mass is 308 g/mol. The van der Waals surface area contributed by atoms with Gasteiger partial charge in [0.05, 0.1) is 11.4 Å². The third-order valence-corrected chi connectivity index (χ3v) is 4.09. The van der Waals surface area contributed by atoms with E-state index in [-0.39, 0.29) is 5.91 Å². The lowest BCUT2D eigenvalue weighted by Gasteiger charge is -2.20. The van der Waals surface area contributed by atoms with Crippen LogP contribution in [0.4, 0.5) is 11.4 Å². The molecule has 0 atom stereocenters. The van der Waals surface area contributed by atoms with E-state index in [1.165, 1.54) is 0 Å². The van der Waals surface area contributed by atoms with Gasteiger partial charge in [-0.05, 0) is 37.1 Å². The zero-order valence-corrected chi connectivity index (χ0v) is 13.3. The molecule has 0 aliphatic carbocycles. The molecule has 0 radical (unpaired) electrons. The van der Waals surface area contributed by atoms with Gasteiger partial charge in [-0.15, -0.1) is 0 Å². The summed E-state index contributed by atoms with van der Waals surface area (Å²) in [7, 11) is 0. The van der Waals surface area contributed by atoms with Crippen LogP contribution in [0.5, 0.6) is 0 Å². The summed E-state index contributed by atoms with van der Waals surface area (Å²) < 4.78 is 0. The quantitative estimate of drug-likeness (QED) is 0.871. The summed E-state index contributed by atoms with van der Waals surface area (Å²) in [5, 5.41) is 3.27. The van der Waals surface area contributed by atoms with Gasteiger partial charge in [-0.2, -0.15) is 0 Å². The predicted molar refractivity (Wildman–Crippen MR) is 94.1 cm³/mol. The average molecular weight is 308 g/mol. The number of carbonyl (C=O) groups excluding carboxylic acids is 1. The number of thiocarbonyl (C=S) groups is 1. The molecule has 22 heavy (non-hydrogen) atoms. The van der Waals surface area contributed by atoms with Gasteiger partial charge in [0.2, 0.25) is 0 Å². The number of benzene rings is 2. The van der Waals surface area contributed by atoms with E-state index in [2.05, 4.69) is 5.32 Å². The number of aryl methyl sites for hydroxylation is 2. The van der Waals surface area contributed by atoms with E-state index in [0.29, 0.717) is 10.7 Å². The van der Waals surface area contributed by atoms with Crippen molar-refractivity contribution in [2.75, 3.05) is 10.2 Å². The lowest BCUT2D eigenvalue weighted by Crippen LogP contribution is -2.31. The van der Waals surface area contributed by atoms with Crippen LogP contribution in [0.1, 0.15) is 11.1 Å². The molecular weight excluding hydrogens is 292 g/mol. The van der Waals surface area contributed by atoms with Crippen LogP contribution in [0.3, 0.4) is 0 Å². The van der Waals surface area contributed by atoms with E-state index in [0.717, 1.165) is 22.5 Å². The minimum Gasteiger partial charge on any atom is -0.353 e. The molecule has 0 saturated carbocycles. The zero-order chi connectivity index (χ0) is 15.7. The van der Waals surface area contributed by atoms with Crippen LogP contribution in [0.15, 0.2) is 60.3 Å². The Morgan fingerprint density at radius 1 is 0.955 bits per heavy atom. The summed E-state index contributed by atoms with van der Waals surface area (Å²) in [5.74, 6) is -0.115. The highest BCUT2D eigenvalue weighted by Gasteiger charge is 2.29. The zero-order valence-electron chi connectivity index (χ0n) is 12.5. The molecule has 0 bridgehead atoms. The first kappa shape index (κ1) is 14.5. The largest absolute Gasteiger partial charge is 0.353 e. The minimum absolute atomic E-state index is 0.115. The molecule has 2 aromatic rings. The summed E-state index contributed by atoms with van der Waals surface area (Å²) in [4.78, 5) is 14.4. The van der Waals surface area contributed by atoms with Crippen molar-refractivity contribution in [1.29, 1.82) is 0 Å². The van der Waals surface area contributed by atoms with Crippen molar-refractivity contribution in [3.8, 4) is 0 Å². The first-order valence-corrected chi connectivity index (χ1v) is 7.47. The second-order valence-electron chi connectivity index (χ2n) is 5.26. The Labute approximate surface area is 135 Å². The Bertz CT molecular complexity index is 795. The SMILES string of the molecule is Cc1ccccc1NC1=CC(=O)N(c2ccccc2C)C1=S. The average Bonchev–Trinajstić information content (AvgIpc) is 2.77. The van der Waals surface area contributed by atoms with E-state index in [4.69, 9.17) is 12.2 Å². The summed E-state index contributed by atoms with van der Waals surface area (Å²) >= 11 is 5.50. The van der Waals surface area contributed by atoms with E-state index in [9.17, 15) is 4.79 Å². The highest BCUT2D eigenvalue weighted by atomic mass is 32.1. The Balaban J connectivity index is 1.90. The summed E-state index contributed by atoms with van der Waals surface area (Å²) in [6.45, 7) is 3.99. The van der Waals surface area contributed by atoms with Gasteiger partial charge in [0.1, 0.15) is 4.99 Å². The fourth-order valence-corrected chi connectivity index (χ4v) is 2.76. The predicted octanol–water partition coefficient (Wildman–Crippen LogP) is 3.97. The van der Waals surface area contributed by atoms with Gasteiger partial charge in [-0.25, -0.2) is 0 Å². The first-order valence-electron chi connectivity index (χ1n) is 7.06. The molecule has 2 aromatic carbocycles. The Morgan fingerprint density at radius 3 is 2.27 bits per heavy atom. The fraction of sp³-hybridized carbons (Fsp3) is 0.111. The van der Waals surface area contributed by atoms with E-state index in [1.54, 1.807) is 11.0 Å². The fourth-order valence-electron chi connectivity index (χ4n) is 2.46. The molecule has 4 heteroatoms. The van der Waals surface area contributed by atoms with E-state index >= 15 is 0 Å². The van der Waals surface area contributed by atoms with Crippen LogP contribution >= 0.6 is 12.2 Å². The van der Waals surface area contributed by atoms with Gasteiger partial charge in [0.25, 0.3) is 5.91 Å². The van der Waals surface area contributed by atoms with Crippen LogP contribution in [0, 0.1) is 13.8 Å². The topological polar surface area (TPSA) is 32.3 Å². The molecule has 0 spiro atoms. The maximum Gasteiger partial charge on any atom is 0.258 e. The highest BCUT2D eigenvalue weighted by Crippen LogP contribution is 2.27. The van der Waals surface area contributed by atoms with Crippen LogP contribution in [0.25, 0.3) is 0 Å². The van der Waals surface area contributed by atoms with Gasteiger partial charge in [-0.3, -0.25) is 9.69 Å². The Hall–Kier alpha value is -2.46. The van der Waals surface area contributed by atoms with E-state index < -0.39 is 0 Å². The number of amides is 1. The minimum atomic E-state index is -0.115. The summed E-state index contributed by atoms with van der Waals surface area (Å²) in [5.41, 5.74) is 4.57. The molecule has 0 unspecified atom stereocenters. The molecule has 110 valence electrons. The van der Waals surface area contributed by atoms with Crippen molar-refractivity contribution < 1.29 is 4.79 Å². The molecule has 1 aliphatic heterocycles. The van der Waals surface area contributed by atoms with Gasteiger partial charge in [0.15, 0.2) is 0 Å². The molecule has 3 rings (SSSR count). The van der Waals surface area contributed by atoms with Crippen molar-refractivity contribution in [2.45, 2.75) is 13.8 Å². The number of anilines is 2. The summed E-state index contributed by atoms with van der Waals surface area (Å²) in [6, 6.07) is 15.7. The van der Waals surface area contributed by atoms with Crippen LogP contribution in [-0.2, 0) is 4.79 Å². The molecule has 0 aromatic heterocycles. The smallest absolute Gasteiger partial charge is 0.258 e. The number of hydrogen-bond donors (Lipinski definition) is 1. The normalized spacial score (nSPS) is 14.3. The third-order valence-electron chi connectivity index (χ3n) is 3.69. The Morgan fingerprint density at radius 2 is 1.59 bits per heavy atom. The molecule has 0 saturated heterocycles. The van der Waals surface area contributed by atoms with Crippen LogP contribution in [-0.4, -0.2) is 10.9 Å². The number of carbonyl (C=O) groups is 1. The molecule has 0 fully saturated rings. The standard InChI is InChI=1S/C18H16N2OS/c1-12-7-3-5-9-14(12)19-15-11-17(21)20(18(15)22)16-10-6-4-8-13(16)2/h3-11,19H,1-2H3. The maximum atomic E-state index is 12.3. The number of rotatable bonds is 3. The maximum absolute atomic E-state index is 12.3. The van der Waals surface area contributed by atoms with Crippen molar-refractivity contribution in [1.82, 2.24) is 0 Å². The first-order chi connectivity index (χ1) is 10.6. The molecular formula is C18H16N2OS. The Kier molecular flexibility index (Phi) is 3.77. The second-order valence-corrected chi connectivity index (χ2v) is 5.65. The highest BCUT2D eigenvalue weighted by molar-refractivity contribution is 7.81. The van der Waals surface area contributed by atoms with Crippen molar-refractivity contribution in [3.05, 3.63) is 71.4 Å². The third kappa shape index (κ3) is 2.53. The lowest BCUT2D eigenvalue weighted by molar-refractivity contribution is -0.113. The number of nitrogens with zero attached hydrogens (tertiary/aromatic N) is 1. The lowest BCUT2D eigenvalue weighted by atomic mass is 10.2. The molecule has 1 aliphatic rings. The number of para-hydroxylation sites is 2. The van der Waals surface area contributed by atoms with E-state index in [1.807, 2.05) is 62.4 Å². The summed E-state index contributed by atoms with van der Waals surface area (Å²) in [6.07, 6.45) is 1.56. The van der Waals surface area contributed by atoms with Crippen molar-refractivity contribution >= 4 is 34.5 Å².